The van der Waals surface area contributed by atoms with Crippen molar-refractivity contribution in [2.24, 2.45) is 0 Å². The average molecular weight is 270 g/mol. The minimum absolute atomic E-state index is 0. The largest absolute Gasteiger partial charge is 0.478 e. The summed E-state index contributed by atoms with van der Waals surface area (Å²) in [7, 11) is 0. The fraction of sp³-hybridized carbons (Fsp3) is 0.500. The molecule has 2 nitrogen and oxygen atoms in total. The third-order valence-corrected chi connectivity index (χ3v) is 0.728. The Labute approximate surface area is 74.7 Å². The van der Waals surface area contributed by atoms with Gasteiger partial charge in [-0.3, -0.25) is 0 Å². The number of carboxylic acid groups (broad SMARTS) is 1. The van der Waals surface area contributed by atoms with Crippen LogP contribution in [0.5, 0.6) is 0 Å². The van der Waals surface area contributed by atoms with Gasteiger partial charge in [0.15, 0.2) is 0 Å². The molecule has 0 aromatic carbocycles. The molecule has 0 amide bonds. The Morgan fingerprint density at radius 1 is 1.38 bits per heavy atom. The van der Waals surface area contributed by atoms with Crippen LogP contribution in [0.3, 0.4) is 0 Å². The van der Waals surface area contributed by atoms with E-state index in [0.717, 1.165) is 0 Å². The second-order valence-electron chi connectivity index (χ2n) is 0.803. The van der Waals surface area contributed by atoms with Gasteiger partial charge in [0.05, 0.1) is 0 Å². The summed E-state index contributed by atoms with van der Waals surface area (Å²) in [5, 5.41) is 7.85. The second kappa shape index (κ2) is 3.92. The van der Waals surface area contributed by atoms with Crippen LogP contribution in [0.2, 0.25) is 0 Å². The summed E-state index contributed by atoms with van der Waals surface area (Å²) < 4.78 is -2.17. The third kappa shape index (κ3) is 5.15. The molecule has 0 aromatic heterocycles. The first kappa shape index (κ1) is 11.8. The standard InChI is InChI=1S/C2HCl3O2.Pd/c3-2(4,5)1(6)7;/h(H,6,7);. The number of aliphatic carboxylic acids is 1. The van der Waals surface area contributed by atoms with Crippen molar-refractivity contribution in [2.75, 3.05) is 0 Å². The van der Waals surface area contributed by atoms with Crippen molar-refractivity contribution >= 4 is 40.8 Å². The number of halogens is 3. The second-order valence-corrected chi connectivity index (χ2v) is 3.08. The van der Waals surface area contributed by atoms with Gasteiger partial charge in [-0.1, -0.05) is 34.8 Å². The molecular weight excluding hydrogens is 269 g/mol. The molecule has 0 saturated carbocycles. The predicted octanol–water partition coefficient (Wildman–Crippen LogP) is 1.44. The van der Waals surface area contributed by atoms with E-state index < -0.39 is 9.76 Å². The number of carbonyl (C=O) groups is 1. The number of alkyl halides is 3. The minimum Gasteiger partial charge on any atom is -0.478 e. The molecule has 0 fully saturated rings. The van der Waals surface area contributed by atoms with Crippen LogP contribution in [0, 0.1) is 0 Å². The van der Waals surface area contributed by atoms with Crippen molar-refractivity contribution in [3.63, 3.8) is 0 Å². The van der Waals surface area contributed by atoms with Crippen LogP contribution in [0.4, 0.5) is 0 Å². The van der Waals surface area contributed by atoms with Gasteiger partial charge < -0.3 is 5.11 Å². The Hall–Kier alpha value is 1.00. The van der Waals surface area contributed by atoms with Crippen LogP contribution < -0.4 is 0 Å². The van der Waals surface area contributed by atoms with Crippen LogP contribution in [0.25, 0.3) is 0 Å². The Bertz CT molecular complexity index is 87.8. The van der Waals surface area contributed by atoms with Gasteiger partial charge in [-0.05, 0) is 0 Å². The molecule has 52 valence electrons. The molecule has 0 unspecified atom stereocenters. The Balaban J connectivity index is 0. The number of hydrogen-bond acceptors (Lipinski definition) is 1. The molecule has 0 aromatic rings. The summed E-state index contributed by atoms with van der Waals surface area (Å²) in [6.07, 6.45) is 0. The SMILES string of the molecule is O=C(O)C(Cl)(Cl)Cl.[Pd]. The molecule has 0 aliphatic heterocycles. The van der Waals surface area contributed by atoms with Crippen LogP contribution >= 0.6 is 34.8 Å². The zero-order valence-electron chi connectivity index (χ0n) is 3.31. The summed E-state index contributed by atoms with van der Waals surface area (Å²) in [5.41, 5.74) is 0. The van der Waals surface area contributed by atoms with Gasteiger partial charge in [0.2, 0.25) is 0 Å². The zero-order chi connectivity index (χ0) is 6.08. The number of rotatable bonds is 0. The van der Waals surface area contributed by atoms with Crippen molar-refractivity contribution in [1.82, 2.24) is 0 Å². The van der Waals surface area contributed by atoms with Crippen LogP contribution in [-0.2, 0) is 25.2 Å². The molecule has 0 atom stereocenters. The predicted molar refractivity (Wildman–Crippen MR) is 27.9 cm³/mol. The smallest absolute Gasteiger partial charge is 0.356 e. The van der Waals surface area contributed by atoms with E-state index in [9.17, 15) is 4.79 Å². The summed E-state index contributed by atoms with van der Waals surface area (Å²) >= 11 is 14.4. The van der Waals surface area contributed by atoms with E-state index in [1.165, 1.54) is 0 Å². The van der Waals surface area contributed by atoms with Gasteiger partial charge >= 0.3 is 5.97 Å². The van der Waals surface area contributed by atoms with Gasteiger partial charge in [-0.15, -0.1) is 0 Å². The summed E-state index contributed by atoms with van der Waals surface area (Å²) in [6.45, 7) is 0. The topological polar surface area (TPSA) is 37.3 Å². The molecule has 0 bridgehead atoms. The third-order valence-electron chi connectivity index (χ3n) is 0.243. The number of hydrogen-bond donors (Lipinski definition) is 1. The Morgan fingerprint density at radius 3 is 1.50 bits per heavy atom. The van der Waals surface area contributed by atoms with Crippen LogP contribution in [0.15, 0.2) is 0 Å². The molecular formula is C2HCl3O2Pd. The van der Waals surface area contributed by atoms with E-state index >= 15 is 0 Å². The molecule has 1 N–H and O–H groups in total. The maximum absolute atomic E-state index is 9.62. The number of carboxylic acids is 1. The minimum atomic E-state index is -2.17. The van der Waals surface area contributed by atoms with Gasteiger partial charge in [0, 0.05) is 20.4 Å². The molecule has 0 aliphatic carbocycles. The van der Waals surface area contributed by atoms with Crippen molar-refractivity contribution < 1.29 is 30.3 Å². The first-order chi connectivity index (χ1) is 2.94. The Morgan fingerprint density at radius 2 is 1.50 bits per heavy atom. The van der Waals surface area contributed by atoms with Crippen LogP contribution in [-0.4, -0.2) is 14.9 Å². The zero-order valence-corrected chi connectivity index (χ0v) is 7.13. The first-order valence-corrected chi connectivity index (χ1v) is 2.38. The molecule has 0 saturated heterocycles. The molecule has 0 heterocycles. The summed E-state index contributed by atoms with van der Waals surface area (Å²) in [5.74, 6) is -1.46. The van der Waals surface area contributed by atoms with Crippen molar-refractivity contribution in [3.8, 4) is 0 Å². The van der Waals surface area contributed by atoms with Gasteiger partial charge in [0.25, 0.3) is 3.79 Å². The van der Waals surface area contributed by atoms with E-state index in [1.54, 1.807) is 0 Å². The maximum atomic E-state index is 9.62. The Kier molecular flexibility index (Phi) is 5.76. The average Bonchev–Trinajstić information content (AvgIpc) is 1.31. The van der Waals surface area contributed by atoms with E-state index in [-0.39, 0.29) is 20.4 Å². The van der Waals surface area contributed by atoms with E-state index in [1.807, 2.05) is 0 Å². The molecule has 6 heteroatoms. The first-order valence-electron chi connectivity index (χ1n) is 1.24. The van der Waals surface area contributed by atoms with Crippen molar-refractivity contribution in [1.29, 1.82) is 0 Å². The molecule has 0 radical (unpaired) electrons. The van der Waals surface area contributed by atoms with Crippen molar-refractivity contribution in [2.45, 2.75) is 3.79 Å². The molecule has 0 aliphatic rings. The monoisotopic (exact) mass is 268 g/mol. The van der Waals surface area contributed by atoms with E-state index in [4.69, 9.17) is 39.9 Å². The fourth-order valence-electron chi connectivity index (χ4n) is 0. The normalized spacial score (nSPS) is 9.88. The van der Waals surface area contributed by atoms with E-state index in [0.29, 0.717) is 0 Å². The van der Waals surface area contributed by atoms with Crippen LogP contribution in [0.1, 0.15) is 0 Å². The fourth-order valence-corrected chi connectivity index (χ4v) is 0. The van der Waals surface area contributed by atoms with Crippen molar-refractivity contribution in [3.05, 3.63) is 0 Å². The van der Waals surface area contributed by atoms with Gasteiger partial charge in [0.1, 0.15) is 0 Å². The summed E-state index contributed by atoms with van der Waals surface area (Å²) in [6, 6.07) is 0. The maximum Gasteiger partial charge on any atom is 0.356 e. The quantitative estimate of drug-likeness (QED) is 0.534. The van der Waals surface area contributed by atoms with Gasteiger partial charge in [-0.2, -0.15) is 0 Å². The van der Waals surface area contributed by atoms with E-state index in [2.05, 4.69) is 0 Å². The molecule has 0 spiro atoms. The summed E-state index contributed by atoms with van der Waals surface area (Å²) in [4.78, 5) is 9.62. The molecule has 0 rings (SSSR count). The van der Waals surface area contributed by atoms with Gasteiger partial charge in [-0.25, -0.2) is 4.79 Å². The molecule has 8 heavy (non-hydrogen) atoms.